The van der Waals surface area contributed by atoms with Crippen molar-refractivity contribution in [3.63, 3.8) is 0 Å². The molecule has 2 aromatic rings. The van der Waals surface area contributed by atoms with Gasteiger partial charge in [-0.15, -0.1) is 0 Å². The van der Waals surface area contributed by atoms with Crippen LogP contribution in [0.3, 0.4) is 0 Å². The Bertz CT molecular complexity index is 790. The maximum Gasteiger partial charge on any atom is 0.213 e. The van der Waals surface area contributed by atoms with Crippen LogP contribution in [0.2, 0.25) is 0 Å². The van der Waals surface area contributed by atoms with Gasteiger partial charge in [0.15, 0.2) is 5.96 Å². The molecule has 0 saturated heterocycles. The second kappa shape index (κ2) is 9.24. The number of guanidine groups is 1. The van der Waals surface area contributed by atoms with Crippen molar-refractivity contribution in [3.8, 4) is 0 Å². The predicted molar refractivity (Wildman–Crippen MR) is 113 cm³/mol. The van der Waals surface area contributed by atoms with E-state index >= 15 is 0 Å². The van der Waals surface area contributed by atoms with Crippen molar-refractivity contribution < 1.29 is 4.42 Å². The van der Waals surface area contributed by atoms with Gasteiger partial charge in [-0.1, -0.05) is 45.0 Å². The molecule has 0 amide bonds. The van der Waals surface area contributed by atoms with Gasteiger partial charge in [-0.3, -0.25) is 9.89 Å². The molecule has 2 heterocycles. The first-order valence-electron chi connectivity index (χ1n) is 10.1. The minimum absolute atomic E-state index is 0.0276. The SMILES string of the molecule is CN=C(NCCCN1CCc2ccccc2C1)NCc1ncc(C(C)(C)C)o1. The predicted octanol–water partition coefficient (Wildman–Crippen LogP) is 3.09. The molecule has 0 aliphatic carbocycles. The molecule has 0 atom stereocenters. The molecule has 6 heteroatoms. The summed E-state index contributed by atoms with van der Waals surface area (Å²) in [5.74, 6) is 2.36. The number of oxazole rings is 1. The van der Waals surface area contributed by atoms with E-state index in [0.717, 1.165) is 50.7 Å². The summed E-state index contributed by atoms with van der Waals surface area (Å²) in [6.07, 6.45) is 4.04. The number of hydrogen-bond acceptors (Lipinski definition) is 4. The molecule has 0 unspecified atom stereocenters. The lowest BCUT2D eigenvalue weighted by molar-refractivity contribution is 0.251. The highest BCUT2D eigenvalue weighted by Gasteiger charge is 2.19. The van der Waals surface area contributed by atoms with E-state index in [1.807, 2.05) is 6.20 Å². The number of nitrogens with one attached hydrogen (secondary N) is 2. The summed E-state index contributed by atoms with van der Waals surface area (Å²) in [5.41, 5.74) is 2.95. The largest absolute Gasteiger partial charge is 0.443 e. The number of rotatable bonds is 6. The van der Waals surface area contributed by atoms with Crippen LogP contribution in [0.25, 0.3) is 0 Å². The Morgan fingerprint density at radius 2 is 2.00 bits per heavy atom. The Labute approximate surface area is 168 Å². The zero-order valence-electron chi connectivity index (χ0n) is 17.6. The third-order valence-electron chi connectivity index (χ3n) is 5.08. The molecule has 1 aromatic carbocycles. The van der Waals surface area contributed by atoms with Crippen LogP contribution in [0.15, 0.2) is 39.9 Å². The molecule has 1 aliphatic heterocycles. The molecule has 0 fully saturated rings. The topological polar surface area (TPSA) is 65.7 Å². The van der Waals surface area contributed by atoms with Crippen LogP contribution < -0.4 is 10.6 Å². The number of aromatic nitrogens is 1. The van der Waals surface area contributed by atoms with Gasteiger partial charge >= 0.3 is 0 Å². The van der Waals surface area contributed by atoms with Crippen molar-refractivity contribution in [1.82, 2.24) is 20.5 Å². The van der Waals surface area contributed by atoms with Gasteiger partial charge in [0.1, 0.15) is 5.76 Å². The summed E-state index contributed by atoms with van der Waals surface area (Å²) >= 11 is 0. The summed E-state index contributed by atoms with van der Waals surface area (Å²) in [4.78, 5) is 11.2. The van der Waals surface area contributed by atoms with Gasteiger partial charge in [0.05, 0.1) is 12.7 Å². The number of benzene rings is 1. The Kier molecular flexibility index (Phi) is 6.73. The van der Waals surface area contributed by atoms with Gasteiger partial charge in [0.2, 0.25) is 5.89 Å². The zero-order valence-corrected chi connectivity index (χ0v) is 17.6. The molecule has 1 aliphatic rings. The van der Waals surface area contributed by atoms with E-state index in [9.17, 15) is 0 Å². The highest BCUT2D eigenvalue weighted by molar-refractivity contribution is 5.79. The first-order valence-corrected chi connectivity index (χ1v) is 10.1. The van der Waals surface area contributed by atoms with E-state index in [-0.39, 0.29) is 5.41 Å². The van der Waals surface area contributed by atoms with Gasteiger partial charge in [-0.25, -0.2) is 4.98 Å². The van der Waals surface area contributed by atoms with E-state index in [1.165, 1.54) is 11.1 Å². The van der Waals surface area contributed by atoms with E-state index < -0.39 is 0 Å². The van der Waals surface area contributed by atoms with Crippen LogP contribution in [0.4, 0.5) is 0 Å². The first-order chi connectivity index (χ1) is 13.5. The Balaban J connectivity index is 1.36. The molecule has 1 aromatic heterocycles. The van der Waals surface area contributed by atoms with Crippen molar-refractivity contribution in [2.75, 3.05) is 26.7 Å². The first kappa shape index (κ1) is 20.4. The summed E-state index contributed by atoms with van der Waals surface area (Å²) in [5, 5.41) is 6.65. The normalized spacial score (nSPS) is 15.4. The van der Waals surface area contributed by atoms with E-state index in [0.29, 0.717) is 12.4 Å². The fraction of sp³-hybridized carbons (Fsp3) is 0.545. The number of hydrogen-bond donors (Lipinski definition) is 2. The van der Waals surface area contributed by atoms with Gasteiger partial charge in [-0.05, 0) is 24.0 Å². The lowest BCUT2D eigenvalue weighted by atomic mass is 9.94. The molecule has 0 spiro atoms. The van der Waals surface area contributed by atoms with Crippen molar-refractivity contribution in [2.24, 2.45) is 4.99 Å². The number of aliphatic imine (C=N–C) groups is 1. The molecular formula is C22H33N5O. The molecule has 2 N–H and O–H groups in total. The minimum Gasteiger partial charge on any atom is -0.443 e. The highest BCUT2D eigenvalue weighted by atomic mass is 16.4. The lowest BCUT2D eigenvalue weighted by Crippen LogP contribution is -2.39. The third-order valence-corrected chi connectivity index (χ3v) is 5.08. The van der Waals surface area contributed by atoms with Gasteiger partial charge in [-0.2, -0.15) is 0 Å². The van der Waals surface area contributed by atoms with Crippen molar-refractivity contribution in [3.05, 3.63) is 53.2 Å². The Morgan fingerprint density at radius 1 is 1.21 bits per heavy atom. The monoisotopic (exact) mass is 383 g/mol. The van der Waals surface area contributed by atoms with Crippen molar-refractivity contribution >= 4 is 5.96 Å². The molecule has 0 radical (unpaired) electrons. The summed E-state index contributed by atoms with van der Waals surface area (Å²) in [7, 11) is 1.78. The van der Waals surface area contributed by atoms with Crippen LogP contribution >= 0.6 is 0 Å². The molecule has 0 saturated carbocycles. The Hall–Kier alpha value is -2.34. The van der Waals surface area contributed by atoms with Crippen LogP contribution in [-0.2, 0) is 24.9 Å². The Morgan fingerprint density at radius 3 is 2.71 bits per heavy atom. The van der Waals surface area contributed by atoms with Crippen molar-refractivity contribution in [1.29, 1.82) is 0 Å². The molecule has 0 bridgehead atoms. The molecular weight excluding hydrogens is 350 g/mol. The molecule has 3 rings (SSSR count). The quantitative estimate of drug-likeness (QED) is 0.456. The van der Waals surface area contributed by atoms with E-state index in [2.05, 4.69) is 70.5 Å². The van der Waals surface area contributed by atoms with Crippen LogP contribution in [0.5, 0.6) is 0 Å². The average molecular weight is 384 g/mol. The third kappa shape index (κ3) is 5.58. The second-order valence-corrected chi connectivity index (χ2v) is 8.37. The van der Waals surface area contributed by atoms with Crippen molar-refractivity contribution in [2.45, 2.75) is 52.1 Å². The second-order valence-electron chi connectivity index (χ2n) is 8.37. The number of nitrogens with zero attached hydrogens (tertiary/aromatic N) is 3. The maximum atomic E-state index is 5.81. The lowest BCUT2D eigenvalue weighted by Gasteiger charge is -2.28. The average Bonchev–Trinajstić information content (AvgIpc) is 3.17. The summed E-state index contributed by atoms with van der Waals surface area (Å²) in [6.45, 7) is 11.1. The maximum absolute atomic E-state index is 5.81. The molecule has 6 nitrogen and oxygen atoms in total. The van der Waals surface area contributed by atoms with Crippen LogP contribution in [0.1, 0.15) is 50.0 Å². The van der Waals surface area contributed by atoms with E-state index in [4.69, 9.17) is 4.42 Å². The summed E-state index contributed by atoms with van der Waals surface area (Å²) in [6, 6.07) is 8.78. The minimum atomic E-state index is -0.0276. The standard InChI is InChI=1S/C22H33N5O/c1-22(2,3)19-14-25-20(28-19)15-26-21(23-4)24-11-7-12-27-13-10-17-8-5-6-9-18(17)16-27/h5-6,8-9,14H,7,10-13,15-16H2,1-4H3,(H2,23,24,26). The molecule has 152 valence electrons. The smallest absolute Gasteiger partial charge is 0.213 e. The molecule has 28 heavy (non-hydrogen) atoms. The van der Waals surface area contributed by atoms with Gasteiger partial charge in [0.25, 0.3) is 0 Å². The summed E-state index contributed by atoms with van der Waals surface area (Å²) < 4.78 is 5.81. The van der Waals surface area contributed by atoms with Gasteiger partial charge in [0, 0.05) is 38.6 Å². The number of fused-ring (bicyclic) bond motifs is 1. The van der Waals surface area contributed by atoms with E-state index in [1.54, 1.807) is 7.05 Å². The van der Waals surface area contributed by atoms with Crippen LogP contribution in [0, 0.1) is 0 Å². The van der Waals surface area contributed by atoms with Gasteiger partial charge < -0.3 is 15.1 Å². The fourth-order valence-corrected chi connectivity index (χ4v) is 3.37. The highest BCUT2D eigenvalue weighted by Crippen LogP contribution is 2.22. The zero-order chi connectivity index (χ0) is 20.0. The fourth-order valence-electron chi connectivity index (χ4n) is 3.37. The van der Waals surface area contributed by atoms with Crippen LogP contribution in [-0.4, -0.2) is 42.5 Å².